The van der Waals surface area contributed by atoms with Crippen molar-refractivity contribution in [3.05, 3.63) is 70.5 Å². The maximum atomic E-state index is 13.0. The van der Waals surface area contributed by atoms with E-state index in [4.69, 9.17) is 0 Å². The van der Waals surface area contributed by atoms with Crippen LogP contribution in [0.3, 0.4) is 0 Å². The SMILES string of the molecule is C=CCN1C(=O)CC2(CCN(Cc3ncccc3C)CC2)c2cccc(Br)c21. The second-order valence-electron chi connectivity index (χ2n) is 7.93. The minimum absolute atomic E-state index is 0.0659. The molecule has 0 radical (unpaired) electrons. The molecule has 4 rings (SSSR count). The molecule has 2 aliphatic rings. The van der Waals surface area contributed by atoms with Crippen molar-refractivity contribution >= 4 is 27.5 Å². The topological polar surface area (TPSA) is 36.4 Å². The maximum Gasteiger partial charge on any atom is 0.228 e. The lowest BCUT2D eigenvalue weighted by Gasteiger charge is -2.47. The van der Waals surface area contributed by atoms with E-state index < -0.39 is 0 Å². The average Bonchev–Trinajstić information content (AvgIpc) is 2.69. The first-order valence-corrected chi connectivity index (χ1v) is 10.7. The van der Waals surface area contributed by atoms with Gasteiger partial charge < -0.3 is 4.90 Å². The van der Waals surface area contributed by atoms with Gasteiger partial charge in [-0.2, -0.15) is 0 Å². The molecule has 5 heteroatoms. The van der Waals surface area contributed by atoms with Crippen molar-refractivity contribution in [1.82, 2.24) is 9.88 Å². The number of amides is 1. The highest BCUT2D eigenvalue weighted by Crippen LogP contribution is 2.49. The number of hydrogen-bond acceptors (Lipinski definition) is 3. The van der Waals surface area contributed by atoms with Crippen LogP contribution in [0.1, 0.15) is 36.1 Å². The van der Waals surface area contributed by atoms with Crippen LogP contribution < -0.4 is 4.90 Å². The van der Waals surface area contributed by atoms with Crippen molar-refractivity contribution in [3.8, 4) is 0 Å². The summed E-state index contributed by atoms with van der Waals surface area (Å²) in [6, 6.07) is 10.4. The summed E-state index contributed by atoms with van der Waals surface area (Å²) in [6.07, 6.45) is 6.25. The highest BCUT2D eigenvalue weighted by atomic mass is 79.9. The fraction of sp³-hybridized carbons (Fsp3) is 0.391. The lowest BCUT2D eigenvalue weighted by molar-refractivity contribution is -0.120. The molecule has 1 aromatic heterocycles. The molecule has 1 aromatic carbocycles. The summed E-state index contributed by atoms with van der Waals surface area (Å²) in [6.45, 7) is 9.35. The predicted octanol–water partition coefficient (Wildman–Crippen LogP) is 4.61. The third-order valence-corrected chi connectivity index (χ3v) is 6.87. The van der Waals surface area contributed by atoms with Crippen molar-refractivity contribution in [2.75, 3.05) is 24.5 Å². The van der Waals surface area contributed by atoms with Crippen LogP contribution in [0.5, 0.6) is 0 Å². The Hall–Kier alpha value is -1.98. The fourth-order valence-corrected chi connectivity index (χ4v) is 5.21. The molecule has 1 spiro atoms. The van der Waals surface area contributed by atoms with E-state index in [1.807, 2.05) is 23.2 Å². The van der Waals surface area contributed by atoms with E-state index in [2.05, 4.69) is 57.5 Å². The summed E-state index contributed by atoms with van der Waals surface area (Å²) in [5.41, 5.74) is 4.66. The van der Waals surface area contributed by atoms with Crippen molar-refractivity contribution < 1.29 is 4.79 Å². The van der Waals surface area contributed by atoms with Crippen molar-refractivity contribution in [1.29, 1.82) is 0 Å². The Morgan fingerprint density at radius 3 is 2.75 bits per heavy atom. The molecule has 0 bridgehead atoms. The molecule has 146 valence electrons. The number of pyridine rings is 1. The van der Waals surface area contributed by atoms with E-state index in [-0.39, 0.29) is 11.3 Å². The zero-order chi connectivity index (χ0) is 19.7. The number of carbonyl (C=O) groups is 1. The Bertz CT molecular complexity index is 902. The van der Waals surface area contributed by atoms with Gasteiger partial charge in [0.05, 0.1) is 11.4 Å². The van der Waals surface area contributed by atoms with Gasteiger partial charge in [-0.25, -0.2) is 0 Å². The average molecular weight is 440 g/mol. The van der Waals surface area contributed by atoms with Crippen LogP contribution >= 0.6 is 15.9 Å². The second-order valence-corrected chi connectivity index (χ2v) is 8.78. The van der Waals surface area contributed by atoms with Gasteiger partial charge >= 0.3 is 0 Å². The molecule has 0 N–H and O–H groups in total. The lowest BCUT2D eigenvalue weighted by atomic mass is 9.67. The number of anilines is 1. The van der Waals surface area contributed by atoms with E-state index >= 15 is 0 Å². The Morgan fingerprint density at radius 1 is 1.25 bits per heavy atom. The molecule has 1 fully saturated rings. The maximum absolute atomic E-state index is 13.0. The van der Waals surface area contributed by atoms with Crippen LogP contribution in [-0.4, -0.2) is 35.4 Å². The number of benzene rings is 1. The summed E-state index contributed by atoms with van der Waals surface area (Å²) in [5, 5.41) is 0. The summed E-state index contributed by atoms with van der Waals surface area (Å²) >= 11 is 3.69. The minimum atomic E-state index is -0.0659. The van der Waals surface area contributed by atoms with Gasteiger partial charge in [-0.1, -0.05) is 24.3 Å². The molecule has 1 saturated heterocycles. The number of aryl methyl sites for hydroxylation is 1. The number of likely N-dealkylation sites (tertiary alicyclic amines) is 1. The first-order chi connectivity index (χ1) is 13.5. The second kappa shape index (κ2) is 7.80. The van der Waals surface area contributed by atoms with Crippen LogP contribution in [0, 0.1) is 6.92 Å². The molecule has 2 aromatic rings. The summed E-state index contributed by atoms with van der Waals surface area (Å²) in [5.74, 6) is 0.202. The Morgan fingerprint density at radius 2 is 2.04 bits per heavy atom. The smallest absolute Gasteiger partial charge is 0.228 e. The highest BCUT2D eigenvalue weighted by Gasteiger charge is 2.45. The van der Waals surface area contributed by atoms with Gasteiger partial charge in [-0.3, -0.25) is 14.7 Å². The molecule has 3 heterocycles. The van der Waals surface area contributed by atoms with E-state index in [0.29, 0.717) is 13.0 Å². The molecule has 0 aliphatic carbocycles. The monoisotopic (exact) mass is 439 g/mol. The largest absolute Gasteiger partial charge is 0.307 e. The number of carbonyl (C=O) groups excluding carboxylic acids is 1. The summed E-state index contributed by atoms with van der Waals surface area (Å²) < 4.78 is 0.991. The number of halogens is 1. The fourth-order valence-electron chi connectivity index (χ4n) is 4.63. The number of nitrogens with zero attached hydrogens (tertiary/aromatic N) is 3. The number of hydrogen-bond donors (Lipinski definition) is 0. The van der Waals surface area contributed by atoms with E-state index in [1.165, 1.54) is 11.1 Å². The third kappa shape index (κ3) is 3.42. The van der Waals surface area contributed by atoms with Crippen LogP contribution in [0.4, 0.5) is 5.69 Å². The highest BCUT2D eigenvalue weighted by molar-refractivity contribution is 9.10. The molecule has 28 heavy (non-hydrogen) atoms. The molecular weight excluding hydrogens is 414 g/mol. The first-order valence-electron chi connectivity index (χ1n) is 9.87. The summed E-state index contributed by atoms with van der Waals surface area (Å²) in [4.78, 5) is 21.9. The van der Waals surface area contributed by atoms with Crippen LogP contribution in [0.2, 0.25) is 0 Å². The minimum Gasteiger partial charge on any atom is -0.307 e. The van der Waals surface area contributed by atoms with Gasteiger partial charge in [0, 0.05) is 35.6 Å². The molecule has 0 atom stereocenters. The molecule has 1 amide bonds. The standard InChI is InChI=1S/C23H26BrN3O/c1-3-12-27-21(28)15-23(18-7-4-8-19(24)22(18)27)9-13-26(14-10-23)16-20-17(2)6-5-11-25-20/h3-8,11H,1,9-10,12-16H2,2H3. The normalized spacial score (nSPS) is 18.9. The number of aromatic nitrogens is 1. The lowest BCUT2D eigenvalue weighted by Crippen LogP contribution is -2.50. The molecule has 0 unspecified atom stereocenters. The first kappa shape index (κ1) is 19.3. The number of para-hydroxylation sites is 1. The molecular formula is C23H26BrN3O. The Kier molecular flexibility index (Phi) is 5.39. The van der Waals surface area contributed by atoms with E-state index in [0.717, 1.165) is 48.3 Å². The van der Waals surface area contributed by atoms with Crippen molar-refractivity contribution in [2.24, 2.45) is 0 Å². The molecule has 0 saturated carbocycles. The number of fused-ring (bicyclic) bond motifs is 2. The number of piperidine rings is 1. The number of rotatable bonds is 4. The van der Waals surface area contributed by atoms with Crippen LogP contribution in [0.15, 0.2) is 53.7 Å². The van der Waals surface area contributed by atoms with Crippen LogP contribution in [-0.2, 0) is 16.8 Å². The predicted molar refractivity (Wildman–Crippen MR) is 116 cm³/mol. The third-order valence-electron chi connectivity index (χ3n) is 6.23. The van der Waals surface area contributed by atoms with Gasteiger partial charge in [-0.05, 0) is 72.0 Å². The quantitative estimate of drug-likeness (QED) is 0.652. The molecule has 4 nitrogen and oxygen atoms in total. The zero-order valence-electron chi connectivity index (χ0n) is 16.3. The van der Waals surface area contributed by atoms with Gasteiger partial charge in [0.2, 0.25) is 5.91 Å². The zero-order valence-corrected chi connectivity index (χ0v) is 17.9. The van der Waals surface area contributed by atoms with E-state index in [1.54, 1.807) is 6.08 Å². The Labute approximate surface area is 175 Å². The van der Waals surface area contributed by atoms with Crippen molar-refractivity contribution in [3.63, 3.8) is 0 Å². The van der Waals surface area contributed by atoms with Gasteiger partial charge in [0.1, 0.15) is 0 Å². The van der Waals surface area contributed by atoms with Crippen molar-refractivity contribution in [2.45, 2.75) is 38.1 Å². The molecule has 2 aliphatic heterocycles. The van der Waals surface area contributed by atoms with Gasteiger partial charge in [0.15, 0.2) is 0 Å². The summed E-state index contributed by atoms with van der Waals surface area (Å²) in [7, 11) is 0. The van der Waals surface area contributed by atoms with Gasteiger partial charge in [-0.15, -0.1) is 6.58 Å². The van der Waals surface area contributed by atoms with E-state index in [9.17, 15) is 4.79 Å². The van der Waals surface area contributed by atoms with Crippen LogP contribution in [0.25, 0.3) is 0 Å². The van der Waals surface area contributed by atoms with Gasteiger partial charge in [0.25, 0.3) is 0 Å². The Balaban J connectivity index is 1.59.